The van der Waals surface area contributed by atoms with Gasteiger partial charge < -0.3 is 4.42 Å². The minimum atomic E-state index is -0.844. The molecule has 0 bridgehead atoms. The largest absolute Gasteiger partial charge is 0.445 e. The Labute approximate surface area is 85.0 Å². The smallest absolute Gasteiger partial charge is 0.351 e. The van der Waals surface area contributed by atoms with Gasteiger partial charge in [0, 0.05) is 10.9 Å². The standard InChI is InChI=1S/C9H9NO3S/c11-9(10-12)7-3-4-8(13-7)14-5-6-1-2-6/h3-4,6H,1-2,5H2. The predicted octanol–water partition coefficient (Wildman–Crippen LogP) is 2.69. The van der Waals surface area contributed by atoms with E-state index in [1.54, 1.807) is 17.8 Å². The summed E-state index contributed by atoms with van der Waals surface area (Å²) in [5, 5.41) is 2.97. The highest BCUT2D eigenvalue weighted by Gasteiger charge is 2.22. The quantitative estimate of drug-likeness (QED) is 0.567. The molecule has 4 nitrogen and oxygen atoms in total. The molecule has 0 atom stereocenters. The number of nitroso groups, excluding NO2 is 1. The molecule has 1 aliphatic carbocycles. The second kappa shape index (κ2) is 3.96. The molecule has 5 heteroatoms. The molecule has 1 fully saturated rings. The van der Waals surface area contributed by atoms with Gasteiger partial charge in [0.15, 0.2) is 10.9 Å². The fraction of sp³-hybridized carbons (Fsp3) is 0.444. The Hall–Kier alpha value is -1.10. The van der Waals surface area contributed by atoms with E-state index in [4.69, 9.17) is 4.42 Å². The molecule has 2 rings (SSSR count). The molecular formula is C9H9NO3S. The van der Waals surface area contributed by atoms with Crippen LogP contribution in [0.25, 0.3) is 0 Å². The normalized spacial score (nSPS) is 15.4. The van der Waals surface area contributed by atoms with Gasteiger partial charge in [0.2, 0.25) is 0 Å². The minimum Gasteiger partial charge on any atom is -0.445 e. The first-order valence-electron chi connectivity index (χ1n) is 4.40. The van der Waals surface area contributed by atoms with Crippen molar-refractivity contribution >= 4 is 17.7 Å². The molecule has 1 aromatic heterocycles. The first-order valence-corrected chi connectivity index (χ1v) is 5.38. The summed E-state index contributed by atoms with van der Waals surface area (Å²) in [4.78, 5) is 20.7. The van der Waals surface area contributed by atoms with Crippen LogP contribution in [-0.4, -0.2) is 11.7 Å². The lowest BCUT2D eigenvalue weighted by atomic mass is 10.4. The fourth-order valence-corrected chi connectivity index (χ4v) is 2.09. The van der Waals surface area contributed by atoms with E-state index in [9.17, 15) is 9.70 Å². The lowest BCUT2D eigenvalue weighted by molar-refractivity contribution is 0.0969. The Morgan fingerprint density at radius 2 is 2.36 bits per heavy atom. The number of rotatable bonds is 4. The molecule has 0 aliphatic heterocycles. The number of amides is 1. The zero-order chi connectivity index (χ0) is 9.97. The number of hydrogen-bond donors (Lipinski definition) is 0. The summed E-state index contributed by atoms with van der Waals surface area (Å²) in [6, 6.07) is 3.18. The molecule has 74 valence electrons. The highest BCUT2D eigenvalue weighted by molar-refractivity contribution is 7.99. The number of thioether (sulfide) groups is 1. The van der Waals surface area contributed by atoms with Gasteiger partial charge in [0.05, 0.1) is 0 Å². The van der Waals surface area contributed by atoms with Crippen LogP contribution >= 0.6 is 11.8 Å². The molecule has 0 radical (unpaired) electrons. The molecule has 0 aromatic carbocycles. The van der Waals surface area contributed by atoms with Crippen molar-refractivity contribution in [1.82, 2.24) is 0 Å². The van der Waals surface area contributed by atoms with Crippen molar-refractivity contribution in [3.63, 3.8) is 0 Å². The van der Waals surface area contributed by atoms with Crippen LogP contribution in [0.3, 0.4) is 0 Å². The van der Waals surface area contributed by atoms with Crippen molar-refractivity contribution in [2.24, 2.45) is 11.1 Å². The zero-order valence-electron chi connectivity index (χ0n) is 7.43. The lowest BCUT2D eigenvalue weighted by Gasteiger charge is -1.93. The van der Waals surface area contributed by atoms with Gasteiger partial charge in [0.25, 0.3) is 0 Å². The Bertz CT molecular complexity index is 357. The highest BCUT2D eigenvalue weighted by Crippen LogP contribution is 2.35. The van der Waals surface area contributed by atoms with Crippen molar-refractivity contribution in [3.8, 4) is 0 Å². The number of carbonyl (C=O) groups is 1. The van der Waals surface area contributed by atoms with Gasteiger partial charge in [-0.05, 0) is 30.9 Å². The van der Waals surface area contributed by atoms with Crippen LogP contribution in [0.1, 0.15) is 23.4 Å². The molecule has 0 spiro atoms. The van der Waals surface area contributed by atoms with Gasteiger partial charge >= 0.3 is 5.91 Å². The maximum absolute atomic E-state index is 10.8. The summed E-state index contributed by atoms with van der Waals surface area (Å²) in [7, 11) is 0. The molecule has 0 saturated heterocycles. The van der Waals surface area contributed by atoms with Gasteiger partial charge in [-0.15, -0.1) is 4.91 Å². The molecule has 1 amide bonds. The summed E-state index contributed by atoms with van der Waals surface area (Å²) in [6.07, 6.45) is 2.57. The number of nitrogens with zero attached hydrogens (tertiary/aromatic N) is 1. The van der Waals surface area contributed by atoms with Gasteiger partial charge in [-0.1, -0.05) is 11.8 Å². The van der Waals surface area contributed by atoms with Crippen molar-refractivity contribution in [2.75, 3.05) is 5.75 Å². The predicted molar refractivity (Wildman–Crippen MR) is 52.3 cm³/mol. The lowest BCUT2D eigenvalue weighted by Crippen LogP contribution is -1.88. The SMILES string of the molecule is O=NC(=O)c1ccc(SCC2CC2)o1. The topological polar surface area (TPSA) is 59.6 Å². The average molecular weight is 211 g/mol. The van der Waals surface area contributed by atoms with Crippen LogP contribution in [-0.2, 0) is 0 Å². The maximum atomic E-state index is 10.8. The van der Waals surface area contributed by atoms with Crippen LogP contribution in [0.5, 0.6) is 0 Å². The van der Waals surface area contributed by atoms with Crippen molar-refractivity contribution in [3.05, 3.63) is 22.8 Å². The number of carbonyl (C=O) groups excluding carboxylic acids is 1. The van der Waals surface area contributed by atoms with Crippen molar-refractivity contribution < 1.29 is 9.21 Å². The third kappa shape index (κ3) is 2.23. The molecule has 14 heavy (non-hydrogen) atoms. The van der Waals surface area contributed by atoms with E-state index in [1.165, 1.54) is 18.9 Å². The van der Waals surface area contributed by atoms with E-state index >= 15 is 0 Å². The highest BCUT2D eigenvalue weighted by atomic mass is 32.2. The Morgan fingerprint density at radius 1 is 1.57 bits per heavy atom. The van der Waals surface area contributed by atoms with E-state index in [2.05, 4.69) is 5.18 Å². The second-order valence-electron chi connectivity index (χ2n) is 3.27. The molecule has 1 heterocycles. The van der Waals surface area contributed by atoms with Crippen LogP contribution in [0, 0.1) is 10.8 Å². The molecular weight excluding hydrogens is 202 g/mol. The van der Waals surface area contributed by atoms with E-state index in [0.29, 0.717) is 5.09 Å². The fourth-order valence-electron chi connectivity index (χ4n) is 1.04. The average Bonchev–Trinajstić information content (AvgIpc) is 2.92. The Kier molecular flexibility index (Phi) is 2.67. The van der Waals surface area contributed by atoms with E-state index in [0.717, 1.165) is 11.7 Å². The maximum Gasteiger partial charge on any atom is 0.351 e. The Morgan fingerprint density at radius 3 is 3.00 bits per heavy atom. The van der Waals surface area contributed by atoms with Crippen molar-refractivity contribution in [1.29, 1.82) is 0 Å². The number of furan rings is 1. The molecule has 1 aromatic rings. The third-order valence-corrected chi connectivity index (χ3v) is 3.18. The van der Waals surface area contributed by atoms with Crippen LogP contribution in [0.2, 0.25) is 0 Å². The first-order chi connectivity index (χ1) is 6.79. The summed E-state index contributed by atoms with van der Waals surface area (Å²) in [6.45, 7) is 0. The van der Waals surface area contributed by atoms with Gasteiger partial charge in [0.1, 0.15) is 0 Å². The van der Waals surface area contributed by atoms with Crippen molar-refractivity contribution in [2.45, 2.75) is 17.9 Å². The van der Waals surface area contributed by atoms with Crippen LogP contribution in [0.15, 0.2) is 26.8 Å². The summed E-state index contributed by atoms with van der Waals surface area (Å²) >= 11 is 1.58. The van der Waals surface area contributed by atoms with Crippen LogP contribution < -0.4 is 0 Å². The van der Waals surface area contributed by atoms with E-state index in [-0.39, 0.29) is 5.76 Å². The zero-order valence-corrected chi connectivity index (χ0v) is 8.25. The second-order valence-corrected chi connectivity index (χ2v) is 4.29. The Balaban J connectivity index is 1.94. The number of hydrogen-bond acceptors (Lipinski definition) is 4. The molecule has 0 N–H and O–H groups in total. The van der Waals surface area contributed by atoms with Gasteiger partial charge in [-0.3, -0.25) is 4.79 Å². The van der Waals surface area contributed by atoms with Gasteiger partial charge in [-0.2, -0.15) is 0 Å². The minimum absolute atomic E-state index is 0.0262. The molecule has 0 unspecified atom stereocenters. The monoisotopic (exact) mass is 211 g/mol. The van der Waals surface area contributed by atoms with E-state index < -0.39 is 5.91 Å². The van der Waals surface area contributed by atoms with Gasteiger partial charge in [-0.25, -0.2) is 0 Å². The summed E-state index contributed by atoms with van der Waals surface area (Å²) in [5.74, 6) is 1.00. The van der Waals surface area contributed by atoms with E-state index in [1.807, 2.05) is 0 Å². The molecule has 1 aliphatic rings. The third-order valence-electron chi connectivity index (χ3n) is 2.03. The summed E-state index contributed by atoms with van der Waals surface area (Å²) in [5.41, 5.74) is 0. The summed E-state index contributed by atoms with van der Waals surface area (Å²) < 4.78 is 5.13. The van der Waals surface area contributed by atoms with Crippen LogP contribution in [0.4, 0.5) is 0 Å². The first kappa shape index (κ1) is 9.45. The molecule has 1 saturated carbocycles.